The van der Waals surface area contributed by atoms with Gasteiger partial charge in [0.1, 0.15) is 11.5 Å². The van der Waals surface area contributed by atoms with Crippen LogP contribution in [0.3, 0.4) is 0 Å². The predicted octanol–water partition coefficient (Wildman–Crippen LogP) is 9.49. The van der Waals surface area contributed by atoms with Gasteiger partial charge in [-0.3, -0.25) is 4.89 Å². The zero-order chi connectivity index (χ0) is 25.4. The van der Waals surface area contributed by atoms with Crippen LogP contribution in [0.5, 0.6) is 11.5 Å². The second-order valence-corrected chi connectivity index (χ2v) is 13.3. The number of hydrogen-bond donors (Lipinski definition) is 1. The Bertz CT molecular complexity index is 1050. The molecule has 0 aromatic heterocycles. The van der Waals surface area contributed by atoms with Crippen LogP contribution < -0.4 is 9.05 Å². The van der Waals surface area contributed by atoms with E-state index in [4.69, 9.17) is 9.05 Å². The lowest BCUT2D eigenvalue weighted by Gasteiger charge is -2.32. The van der Waals surface area contributed by atoms with Gasteiger partial charge in [-0.05, 0) is 82.7 Å². The van der Waals surface area contributed by atoms with Crippen LogP contribution in [0.25, 0.3) is 0 Å². The molecule has 2 aromatic rings. The lowest BCUT2D eigenvalue weighted by atomic mass is 9.79. The van der Waals surface area contributed by atoms with E-state index in [1.165, 1.54) is 49.7 Å². The summed E-state index contributed by atoms with van der Waals surface area (Å²) in [6.45, 7) is 8.90. The van der Waals surface area contributed by atoms with Gasteiger partial charge in [0.25, 0.3) is 0 Å². The van der Waals surface area contributed by atoms with Gasteiger partial charge in [-0.25, -0.2) is 4.57 Å². The number of phosphoric ester groups is 1. The molecule has 2 fully saturated rings. The molecule has 2 aliphatic carbocycles. The Labute approximate surface area is 217 Å². The summed E-state index contributed by atoms with van der Waals surface area (Å²) in [4.78, 5) is 11.1. The first-order valence-electron chi connectivity index (χ1n) is 14.3. The number of phosphoric acid groups is 1. The molecular formula is C31H43O4P. The molecule has 196 valence electrons. The summed E-state index contributed by atoms with van der Waals surface area (Å²) in [5.74, 6) is 2.67. The molecule has 0 unspecified atom stereocenters. The summed E-state index contributed by atoms with van der Waals surface area (Å²) >= 11 is 0. The van der Waals surface area contributed by atoms with Crippen LogP contribution in [0.1, 0.15) is 149 Å². The smallest absolute Gasteiger partial charge is 0.395 e. The summed E-state index contributed by atoms with van der Waals surface area (Å²) in [6.07, 6.45) is 12.4. The van der Waals surface area contributed by atoms with Gasteiger partial charge in [-0.2, -0.15) is 0 Å². The standard InChI is InChI=1S/C31H43O4P/c1-20(2)24-15-26-17-27-16-25(21(3)4)19-29(23-13-9-6-10-14-23)31(27)35-36(32,33)34-30(26)28(18-24)22-11-7-5-8-12-22/h15-16,18-23H,5-14,17H2,1-4H3,(H,32,33). The van der Waals surface area contributed by atoms with Crippen molar-refractivity contribution in [3.8, 4) is 11.5 Å². The van der Waals surface area contributed by atoms with Gasteiger partial charge in [0.15, 0.2) is 0 Å². The first kappa shape index (κ1) is 25.9. The van der Waals surface area contributed by atoms with E-state index in [0.29, 0.717) is 41.6 Å². The molecule has 36 heavy (non-hydrogen) atoms. The van der Waals surface area contributed by atoms with E-state index >= 15 is 0 Å². The molecule has 0 bridgehead atoms. The van der Waals surface area contributed by atoms with Crippen LogP contribution in [-0.4, -0.2) is 4.89 Å². The molecule has 5 heteroatoms. The zero-order valence-corrected chi connectivity index (χ0v) is 23.4. The molecule has 3 aliphatic rings. The minimum absolute atomic E-state index is 0.366. The van der Waals surface area contributed by atoms with Crippen LogP contribution in [-0.2, 0) is 11.0 Å². The van der Waals surface area contributed by atoms with Crippen molar-refractivity contribution in [1.29, 1.82) is 0 Å². The Hall–Kier alpha value is -1.77. The first-order valence-corrected chi connectivity index (χ1v) is 15.8. The Morgan fingerprint density at radius 2 is 1.08 bits per heavy atom. The van der Waals surface area contributed by atoms with Gasteiger partial charge in [-0.1, -0.05) is 90.5 Å². The van der Waals surface area contributed by atoms with Crippen molar-refractivity contribution in [3.05, 3.63) is 57.6 Å². The van der Waals surface area contributed by atoms with Crippen molar-refractivity contribution < 1.29 is 18.5 Å². The average Bonchev–Trinajstić information content (AvgIpc) is 2.85. The van der Waals surface area contributed by atoms with Gasteiger partial charge in [0.2, 0.25) is 0 Å². The second-order valence-electron chi connectivity index (χ2n) is 12.0. The fourth-order valence-electron chi connectivity index (χ4n) is 6.52. The summed E-state index contributed by atoms with van der Waals surface area (Å²) in [5.41, 5.74) is 6.81. The maximum absolute atomic E-state index is 13.6. The molecule has 0 spiro atoms. The van der Waals surface area contributed by atoms with E-state index in [1.807, 2.05) is 0 Å². The largest absolute Gasteiger partial charge is 0.584 e. The average molecular weight is 511 g/mol. The summed E-state index contributed by atoms with van der Waals surface area (Å²) in [5, 5.41) is 0. The fourth-order valence-corrected chi connectivity index (χ4v) is 7.46. The lowest BCUT2D eigenvalue weighted by molar-refractivity contribution is 0.281. The predicted molar refractivity (Wildman–Crippen MR) is 147 cm³/mol. The third-order valence-corrected chi connectivity index (χ3v) is 9.48. The highest BCUT2D eigenvalue weighted by Gasteiger charge is 2.36. The molecule has 1 aliphatic heterocycles. The molecule has 0 amide bonds. The molecular weight excluding hydrogens is 467 g/mol. The Morgan fingerprint density at radius 1 is 0.694 bits per heavy atom. The van der Waals surface area contributed by atoms with Gasteiger partial charge < -0.3 is 9.05 Å². The Balaban J connectivity index is 1.69. The maximum Gasteiger partial charge on any atom is 0.584 e. The SMILES string of the molecule is CC(C)c1cc2c(c(C3CCCCC3)c1)OP(=O)(O)Oc1c(cc(C(C)C)cc1C1CCCCC1)C2. The molecule has 0 saturated heterocycles. The molecule has 0 atom stereocenters. The lowest BCUT2D eigenvalue weighted by Crippen LogP contribution is -2.16. The van der Waals surface area contributed by atoms with Crippen molar-refractivity contribution in [2.75, 3.05) is 0 Å². The van der Waals surface area contributed by atoms with E-state index in [9.17, 15) is 9.46 Å². The van der Waals surface area contributed by atoms with Crippen LogP contribution in [0.15, 0.2) is 24.3 Å². The minimum Gasteiger partial charge on any atom is -0.395 e. The summed E-state index contributed by atoms with van der Waals surface area (Å²) < 4.78 is 25.6. The third-order valence-electron chi connectivity index (χ3n) is 8.65. The minimum atomic E-state index is -4.36. The molecule has 1 heterocycles. The molecule has 4 nitrogen and oxygen atoms in total. The summed E-state index contributed by atoms with van der Waals surface area (Å²) in [7, 11) is -4.36. The van der Waals surface area contributed by atoms with Crippen LogP contribution in [0.2, 0.25) is 0 Å². The third kappa shape index (κ3) is 5.41. The molecule has 0 radical (unpaired) electrons. The molecule has 5 rings (SSSR count). The van der Waals surface area contributed by atoms with Gasteiger partial charge in [0.05, 0.1) is 0 Å². The quantitative estimate of drug-likeness (QED) is 0.416. The van der Waals surface area contributed by atoms with E-state index in [-0.39, 0.29) is 0 Å². The molecule has 2 aromatic carbocycles. The second kappa shape index (κ2) is 10.5. The van der Waals surface area contributed by atoms with E-state index in [0.717, 1.165) is 47.9 Å². The maximum atomic E-state index is 13.6. The number of fused-ring (bicyclic) bond motifs is 2. The summed E-state index contributed by atoms with van der Waals surface area (Å²) in [6, 6.07) is 8.90. The van der Waals surface area contributed by atoms with Crippen molar-refractivity contribution in [3.63, 3.8) is 0 Å². The van der Waals surface area contributed by atoms with Crippen molar-refractivity contribution in [2.45, 2.75) is 122 Å². The van der Waals surface area contributed by atoms with Crippen LogP contribution in [0, 0.1) is 0 Å². The Morgan fingerprint density at radius 3 is 1.44 bits per heavy atom. The monoisotopic (exact) mass is 510 g/mol. The van der Waals surface area contributed by atoms with E-state index < -0.39 is 7.82 Å². The molecule has 1 N–H and O–H groups in total. The number of benzene rings is 2. The van der Waals surface area contributed by atoms with Crippen LogP contribution >= 0.6 is 7.82 Å². The normalized spacial score (nSPS) is 20.8. The molecule has 2 saturated carbocycles. The van der Waals surface area contributed by atoms with E-state index in [1.54, 1.807) is 0 Å². The highest BCUT2D eigenvalue weighted by molar-refractivity contribution is 7.48. The van der Waals surface area contributed by atoms with E-state index in [2.05, 4.69) is 52.0 Å². The topological polar surface area (TPSA) is 55.8 Å². The van der Waals surface area contributed by atoms with Crippen molar-refractivity contribution in [2.24, 2.45) is 0 Å². The van der Waals surface area contributed by atoms with Crippen molar-refractivity contribution in [1.82, 2.24) is 0 Å². The van der Waals surface area contributed by atoms with Gasteiger partial charge in [-0.15, -0.1) is 0 Å². The van der Waals surface area contributed by atoms with Gasteiger partial charge in [0, 0.05) is 6.42 Å². The fraction of sp³-hybridized carbons (Fsp3) is 0.613. The Kier molecular flexibility index (Phi) is 7.57. The van der Waals surface area contributed by atoms with Gasteiger partial charge >= 0.3 is 7.82 Å². The van der Waals surface area contributed by atoms with Crippen molar-refractivity contribution >= 4 is 7.82 Å². The number of rotatable bonds is 4. The first-order chi connectivity index (χ1) is 17.2. The highest BCUT2D eigenvalue weighted by Crippen LogP contribution is 2.55. The number of hydrogen-bond acceptors (Lipinski definition) is 3. The zero-order valence-electron chi connectivity index (χ0n) is 22.5. The highest BCUT2D eigenvalue weighted by atomic mass is 31.2. The van der Waals surface area contributed by atoms with Crippen LogP contribution in [0.4, 0.5) is 0 Å².